The van der Waals surface area contributed by atoms with Crippen molar-refractivity contribution in [2.75, 3.05) is 14.1 Å². The van der Waals surface area contributed by atoms with Crippen LogP contribution < -0.4 is 11.3 Å². The second kappa shape index (κ2) is 5.01. The largest absolute Gasteiger partial charge is 0.400 e. The van der Waals surface area contributed by atoms with Crippen LogP contribution in [0.15, 0.2) is 34.8 Å². The molecule has 2 aliphatic rings. The molecule has 26 heavy (non-hydrogen) atoms. The molecule has 3 heterocycles. The fourth-order valence-electron chi connectivity index (χ4n) is 3.50. The summed E-state index contributed by atoms with van der Waals surface area (Å²) in [5, 5.41) is 0.405. The number of nitrogens with zero attached hydrogens (tertiary/aromatic N) is 4. The third kappa shape index (κ3) is 1.76. The Kier molecular flexibility index (Phi) is 3.08. The van der Waals surface area contributed by atoms with Crippen molar-refractivity contribution < 1.29 is 14.4 Å². The monoisotopic (exact) mass is 353 g/mol. The molecule has 0 unspecified atom stereocenters. The van der Waals surface area contributed by atoms with Gasteiger partial charge < -0.3 is 5.73 Å². The van der Waals surface area contributed by atoms with E-state index < -0.39 is 23.3 Å². The molecule has 1 aromatic carbocycles. The molecular formula is C17H15N5O4. The number of imide groups is 2. The maximum absolute atomic E-state index is 12.9. The maximum Gasteiger partial charge on any atom is 0.332 e. The Morgan fingerprint density at radius 1 is 1.04 bits per heavy atom. The number of carbonyl (C=O) groups is 3. The first-order valence-corrected chi connectivity index (χ1v) is 7.87. The predicted octanol–water partition coefficient (Wildman–Crippen LogP) is -0.254. The number of nitrogens with two attached hydrogens (primary N) is 1. The van der Waals surface area contributed by atoms with Gasteiger partial charge in [0.25, 0.3) is 17.4 Å². The summed E-state index contributed by atoms with van der Waals surface area (Å²) in [4.78, 5) is 56.6. The van der Waals surface area contributed by atoms with Gasteiger partial charge in [0.2, 0.25) is 0 Å². The van der Waals surface area contributed by atoms with Crippen LogP contribution >= 0.6 is 0 Å². The van der Waals surface area contributed by atoms with E-state index >= 15 is 0 Å². The van der Waals surface area contributed by atoms with Crippen LogP contribution in [0.3, 0.4) is 0 Å². The van der Waals surface area contributed by atoms with Gasteiger partial charge in [-0.05, 0) is 12.1 Å². The molecule has 2 N–H and O–H groups in total. The molecule has 0 aliphatic carbocycles. The van der Waals surface area contributed by atoms with Crippen molar-refractivity contribution in [2.45, 2.75) is 6.42 Å². The Labute approximate surface area is 147 Å². The molecule has 1 spiro atoms. The van der Waals surface area contributed by atoms with Crippen molar-refractivity contribution in [3.8, 4) is 0 Å². The van der Waals surface area contributed by atoms with E-state index in [2.05, 4.69) is 4.98 Å². The average Bonchev–Trinajstić information content (AvgIpc) is 2.64. The number of urea groups is 1. The molecule has 132 valence electrons. The average molecular weight is 353 g/mol. The molecule has 4 amide bonds. The van der Waals surface area contributed by atoms with E-state index in [1.54, 1.807) is 24.3 Å². The van der Waals surface area contributed by atoms with E-state index in [0.29, 0.717) is 10.9 Å². The number of rotatable bonds is 0. The number of aromatic nitrogens is 2. The number of barbiturate groups is 1. The molecule has 2 aromatic rings. The van der Waals surface area contributed by atoms with Crippen LogP contribution in [0.4, 0.5) is 4.79 Å². The summed E-state index contributed by atoms with van der Waals surface area (Å²) < 4.78 is 1.25. The van der Waals surface area contributed by atoms with Gasteiger partial charge in [0.05, 0.1) is 16.6 Å². The number of para-hydroxylation sites is 1. The normalized spacial score (nSPS) is 19.2. The first-order valence-electron chi connectivity index (χ1n) is 7.87. The summed E-state index contributed by atoms with van der Waals surface area (Å²) in [5.41, 5.74) is 4.34. The molecule has 0 atom stereocenters. The van der Waals surface area contributed by atoms with Crippen molar-refractivity contribution in [1.29, 1.82) is 0 Å². The van der Waals surface area contributed by atoms with Crippen LogP contribution in [-0.4, -0.2) is 51.3 Å². The minimum Gasteiger partial charge on any atom is -0.400 e. The Balaban J connectivity index is 1.98. The fraction of sp³-hybridized carbons (Fsp3) is 0.235. The van der Waals surface area contributed by atoms with Crippen molar-refractivity contribution in [1.82, 2.24) is 19.4 Å². The highest BCUT2D eigenvalue weighted by Crippen LogP contribution is 2.39. The van der Waals surface area contributed by atoms with Gasteiger partial charge in [-0.3, -0.25) is 28.8 Å². The van der Waals surface area contributed by atoms with Gasteiger partial charge in [-0.1, -0.05) is 12.1 Å². The van der Waals surface area contributed by atoms with Crippen LogP contribution in [0.25, 0.3) is 17.1 Å². The molecule has 0 bridgehead atoms. The second-order valence-corrected chi connectivity index (χ2v) is 6.40. The zero-order chi connectivity index (χ0) is 18.8. The van der Waals surface area contributed by atoms with E-state index in [0.717, 1.165) is 9.80 Å². The predicted molar refractivity (Wildman–Crippen MR) is 91.5 cm³/mol. The lowest BCUT2D eigenvalue weighted by Gasteiger charge is -2.43. The topological polar surface area (TPSA) is 119 Å². The van der Waals surface area contributed by atoms with Gasteiger partial charge in [0.15, 0.2) is 5.41 Å². The van der Waals surface area contributed by atoms with Crippen LogP contribution in [0.2, 0.25) is 0 Å². The molecular weight excluding hydrogens is 338 g/mol. The van der Waals surface area contributed by atoms with E-state index in [-0.39, 0.29) is 23.5 Å². The van der Waals surface area contributed by atoms with E-state index in [1.165, 1.54) is 24.9 Å². The Morgan fingerprint density at radius 2 is 1.65 bits per heavy atom. The molecule has 2 aliphatic heterocycles. The van der Waals surface area contributed by atoms with Gasteiger partial charge in [-0.15, -0.1) is 0 Å². The number of hydrogen-bond donors (Lipinski definition) is 1. The van der Waals surface area contributed by atoms with Gasteiger partial charge in [0.1, 0.15) is 5.82 Å². The number of benzene rings is 1. The van der Waals surface area contributed by atoms with Crippen LogP contribution in [0.5, 0.6) is 0 Å². The Hall–Kier alpha value is -3.49. The highest BCUT2D eigenvalue weighted by molar-refractivity contribution is 6.21. The summed E-state index contributed by atoms with van der Waals surface area (Å²) in [6.07, 6.45) is 1.06. The van der Waals surface area contributed by atoms with Gasteiger partial charge in [-0.25, -0.2) is 9.78 Å². The lowest BCUT2D eigenvalue weighted by atomic mass is 9.75. The number of hydrogen-bond acceptors (Lipinski definition) is 6. The summed E-state index contributed by atoms with van der Waals surface area (Å²) in [6, 6.07) is 6.06. The molecule has 4 rings (SSSR count). The Morgan fingerprint density at radius 3 is 2.31 bits per heavy atom. The molecule has 1 fully saturated rings. The first kappa shape index (κ1) is 16.0. The molecule has 9 nitrogen and oxygen atoms in total. The number of fused-ring (bicyclic) bond motifs is 2. The number of amides is 4. The van der Waals surface area contributed by atoms with Crippen LogP contribution in [0, 0.1) is 5.41 Å². The first-order chi connectivity index (χ1) is 12.3. The highest BCUT2D eigenvalue weighted by Gasteiger charge is 2.59. The third-order valence-electron chi connectivity index (χ3n) is 4.98. The molecule has 1 saturated heterocycles. The second-order valence-electron chi connectivity index (χ2n) is 6.40. The number of carbonyl (C=O) groups excluding carboxylic acids is 3. The van der Waals surface area contributed by atoms with Crippen LogP contribution in [0.1, 0.15) is 5.82 Å². The van der Waals surface area contributed by atoms with Crippen molar-refractivity contribution in [3.05, 3.63) is 46.1 Å². The molecule has 9 heteroatoms. The fourth-order valence-corrected chi connectivity index (χ4v) is 3.50. The summed E-state index contributed by atoms with van der Waals surface area (Å²) >= 11 is 0. The van der Waals surface area contributed by atoms with E-state index in [9.17, 15) is 19.2 Å². The zero-order valence-corrected chi connectivity index (χ0v) is 14.1. The Bertz CT molecular complexity index is 1080. The molecule has 1 aromatic heterocycles. The zero-order valence-electron chi connectivity index (χ0n) is 14.1. The van der Waals surface area contributed by atoms with Gasteiger partial charge in [0, 0.05) is 26.7 Å². The summed E-state index contributed by atoms with van der Waals surface area (Å²) in [5.74, 6) is -1.22. The highest BCUT2D eigenvalue weighted by atomic mass is 16.2. The van der Waals surface area contributed by atoms with Crippen molar-refractivity contribution in [3.63, 3.8) is 0 Å². The van der Waals surface area contributed by atoms with Crippen LogP contribution in [-0.2, 0) is 16.0 Å². The molecule has 0 radical (unpaired) electrons. The SMILES string of the molecule is CN1C(=O)N(C)C(=O)C2(Cc3nc4ccccc4c(=O)n3C=C2N)C1=O. The van der Waals surface area contributed by atoms with Crippen molar-refractivity contribution >= 4 is 34.9 Å². The third-order valence-corrected chi connectivity index (χ3v) is 4.98. The van der Waals surface area contributed by atoms with E-state index in [4.69, 9.17) is 5.73 Å². The minimum atomic E-state index is -1.78. The van der Waals surface area contributed by atoms with E-state index in [1.807, 2.05) is 0 Å². The maximum atomic E-state index is 12.9. The van der Waals surface area contributed by atoms with Gasteiger partial charge in [-0.2, -0.15) is 0 Å². The standard InChI is InChI=1S/C17H15N5O4/c1-20-14(24)17(15(25)21(2)16(20)26)7-12-19-10-6-4-3-5-9(10)13(23)22(12)8-11(17)18/h3-6,8H,7,18H2,1-2H3. The summed E-state index contributed by atoms with van der Waals surface area (Å²) in [6.45, 7) is 0. The summed E-state index contributed by atoms with van der Waals surface area (Å²) in [7, 11) is 2.58. The van der Waals surface area contributed by atoms with Gasteiger partial charge >= 0.3 is 6.03 Å². The minimum absolute atomic E-state index is 0.0922. The quantitative estimate of drug-likeness (QED) is 0.652. The van der Waals surface area contributed by atoms with Crippen molar-refractivity contribution in [2.24, 2.45) is 11.1 Å². The smallest absolute Gasteiger partial charge is 0.332 e. The molecule has 0 saturated carbocycles. The lowest BCUT2D eigenvalue weighted by molar-refractivity contribution is -0.154. The lowest BCUT2D eigenvalue weighted by Crippen LogP contribution is -2.66.